The van der Waals surface area contributed by atoms with E-state index in [0.717, 1.165) is 0 Å². The number of hydrogen-bond acceptors (Lipinski definition) is 2. The maximum Gasteiger partial charge on any atom is 0.0381 e. The summed E-state index contributed by atoms with van der Waals surface area (Å²) < 4.78 is 2.68. The molecule has 2 heteroatoms. The lowest BCUT2D eigenvalue weighted by Gasteiger charge is -2.14. The summed E-state index contributed by atoms with van der Waals surface area (Å²) in [5.74, 6) is 0.487. The van der Waals surface area contributed by atoms with Gasteiger partial charge in [-0.25, -0.2) is 0 Å². The molecule has 2 unspecified atom stereocenters. The van der Waals surface area contributed by atoms with E-state index in [0.29, 0.717) is 11.2 Å². The largest absolute Gasteiger partial charge is 0.135 e. The zero-order chi connectivity index (χ0) is 25.1. The average Bonchev–Trinajstić information content (AvgIpc) is 3.55. The number of hydrogen-bond donors (Lipinski definition) is 0. The van der Waals surface area contributed by atoms with Crippen LogP contribution in [0.15, 0.2) is 138 Å². The van der Waals surface area contributed by atoms with Gasteiger partial charge in [0.25, 0.3) is 0 Å². The fourth-order valence-electron chi connectivity index (χ4n) is 5.99. The summed E-state index contributed by atoms with van der Waals surface area (Å²) in [7, 11) is 0. The Bertz CT molecular complexity index is 1890. The van der Waals surface area contributed by atoms with E-state index in [1.165, 1.54) is 64.0 Å². The molecular weight excluding hydrogens is 497 g/mol. The molecule has 2 aliphatic rings. The van der Waals surface area contributed by atoms with Crippen molar-refractivity contribution in [3.63, 3.8) is 0 Å². The van der Waals surface area contributed by atoms with E-state index in [4.69, 9.17) is 0 Å². The predicted octanol–water partition coefficient (Wildman–Crippen LogP) is 10.7. The van der Waals surface area contributed by atoms with Gasteiger partial charge in [0.2, 0.25) is 0 Å². The summed E-state index contributed by atoms with van der Waals surface area (Å²) in [6.45, 7) is 0. The molecule has 0 saturated carbocycles. The molecule has 0 amide bonds. The second-order valence-electron chi connectivity index (χ2n) is 10.0. The van der Waals surface area contributed by atoms with Crippen LogP contribution in [0.5, 0.6) is 0 Å². The van der Waals surface area contributed by atoms with Crippen LogP contribution in [0.2, 0.25) is 0 Å². The number of allylic oxidation sites excluding steroid dienone is 3. The van der Waals surface area contributed by atoms with E-state index in [1.807, 2.05) is 23.1 Å². The van der Waals surface area contributed by atoms with Crippen LogP contribution in [0.3, 0.4) is 0 Å². The smallest absolute Gasteiger partial charge is 0.0381 e. The molecule has 38 heavy (non-hydrogen) atoms. The van der Waals surface area contributed by atoms with Gasteiger partial charge in [0.05, 0.1) is 0 Å². The molecule has 5 aromatic carbocycles. The van der Waals surface area contributed by atoms with Crippen molar-refractivity contribution >= 4 is 43.3 Å². The Morgan fingerprint density at radius 1 is 0.500 bits per heavy atom. The Labute approximate surface area is 231 Å². The van der Waals surface area contributed by atoms with Crippen molar-refractivity contribution in [2.75, 3.05) is 0 Å². The highest BCUT2D eigenvalue weighted by Crippen LogP contribution is 2.51. The van der Waals surface area contributed by atoms with E-state index in [9.17, 15) is 0 Å². The van der Waals surface area contributed by atoms with Crippen LogP contribution in [0, 0.1) is 0 Å². The highest BCUT2D eigenvalue weighted by Gasteiger charge is 2.32. The van der Waals surface area contributed by atoms with Crippen LogP contribution < -0.4 is 0 Å². The normalized spacial score (nSPS) is 17.7. The van der Waals surface area contributed by atoms with Crippen molar-refractivity contribution in [1.82, 2.24) is 0 Å². The minimum absolute atomic E-state index is 0.487. The molecule has 0 nitrogen and oxygen atoms in total. The first-order valence-corrected chi connectivity index (χ1v) is 14.8. The van der Waals surface area contributed by atoms with Crippen molar-refractivity contribution in [3.05, 3.63) is 139 Å². The Morgan fingerprint density at radius 2 is 1.21 bits per heavy atom. The lowest BCUT2D eigenvalue weighted by atomic mass is 9.89. The van der Waals surface area contributed by atoms with Crippen molar-refractivity contribution in [1.29, 1.82) is 0 Å². The van der Waals surface area contributed by atoms with Crippen molar-refractivity contribution < 1.29 is 0 Å². The Morgan fingerprint density at radius 3 is 2.08 bits per heavy atom. The molecule has 8 rings (SSSR count). The fourth-order valence-corrected chi connectivity index (χ4v) is 8.59. The van der Waals surface area contributed by atoms with Crippen LogP contribution >= 0.6 is 23.1 Å². The van der Waals surface area contributed by atoms with Gasteiger partial charge in [-0.05, 0) is 57.1 Å². The highest BCUT2D eigenvalue weighted by molar-refractivity contribution is 8.00. The Kier molecular flexibility index (Phi) is 5.17. The van der Waals surface area contributed by atoms with Gasteiger partial charge >= 0.3 is 0 Å². The van der Waals surface area contributed by atoms with Crippen molar-refractivity contribution in [2.45, 2.75) is 16.1 Å². The average molecular weight is 521 g/mol. The molecule has 0 radical (unpaired) electrons. The second kappa shape index (κ2) is 8.87. The predicted molar refractivity (Wildman–Crippen MR) is 166 cm³/mol. The lowest BCUT2D eigenvalue weighted by molar-refractivity contribution is 0.881. The molecule has 1 aliphatic carbocycles. The first kappa shape index (κ1) is 22.2. The molecule has 0 bridgehead atoms. The summed E-state index contributed by atoms with van der Waals surface area (Å²) in [4.78, 5) is 1.43. The third-order valence-corrected chi connectivity index (χ3v) is 10.4. The van der Waals surface area contributed by atoms with Gasteiger partial charge in [0.1, 0.15) is 0 Å². The van der Waals surface area contributed by atoms with E-state index in [1.54, 1.807) is 0 Å². The summed E-state index contributed by atoms with van der Waals surface area (Å²) in [6, 6.07) is 40.4. The van der Waals surface area contributed by atoms with Crippen molar-refractivity contribution in [3.8, 4) is 33.4 Å². The third kappa shape index (κ3) is 3.52. The maximum atomic E-state index is 2.40. The van der Waals surface area contributed by atoms with E-state index in [-0.39, 0.29) is 0 Å². The van der Waals surface area contributed by atoms with Gasteiger partial charge in [0.15, 0.2) is 0 Å². The summed E-state index contributed by atoms with van der Waals surface area (Å²) >= 11 is 3.89. The second-order valence-corrected chi connectivity index (χ2v) is 12.3. The monoisotopic (exact) mass is 520 g/mol. The molecule has 0 saturated heterocycles. The lowest BCUT2D eigenvalue weighted by Crippen LogP contribution is -2.06. The SMILES string of the molecule is C1=CC2Sc3c(-c4ccc(-c5cc6sc7ccccc7c6cc5-c5ccccc5)cc4)cccc3C2C=C1. The first-order chi connectivity index (χ1) is 18.8. The summed E-state index contributed by atoms with van der Waals surface area (Å²) in [5, 5.41) is 3.19. The zero-order valence-electron chi connectivity index (χ0n) is 20.7. The van der Waals surface area contributed by atoms with E-state index in [2.05, 4.69) is 133 Å². The van der Waals surface area contributed by atoms with Gasteiger partial charge in [-0.15, -0.1) is 23.1 Å². The zero-order valence-corrected chi connectivity index (χ0v) is 22.3. The molecular formula is C36H24S2. The van der Waals surface area contributed by atoms with Crippen molar-refractivity contribution in [2.24, 2.45) is 0 Å². The van der Waals surface area contributed by atoms with Crippen LogP contribution in [0.4, 0.5) is 0 Å². The van der Waals surface area contributed by atoms with Gasteiger partial charge in [0, 0.05) is 36.2 Å². The maximum absolute atomic E-state index is 2.40. The molecule has 0 fully saturated rings. The number of thiophene rings is 1. The van der Waals surface area contributed by atoms with Crippen LogP contribution in [-0.4, -0.2) is 5.25 Å². The van der Waals surface area contributed by atoms with E-state index < -0.39 is 0 Å². The molecule has 1 aromatic heterocycles. The number of thioether (sulfide) groups is 1. The molecule has 180 valence electrons. The van der Waals surface area contributed by atoms with Gasteiger partial charge in [-0.2, -0.15) is 0 Å². The van der Waals surface area contributed by atoms with Gasteiger partial charge in [-0.1, -0.05) is 115 Å². The van der Waals surface area contributed by atoms with E-state index >= 15 is 0 Å². The molecule has 6 aromatic rings. The highest BCUT2D eigenvalue weighted by atomic mass is 32.2. The Balaban J connectivity index is 1.26. The minimum Gasteiger partial charge on any atom is -0.135 e. The third-order valence-electron chi connectivity index (χ3n) is 7.85. The number of rotatable bonds is 3. The molecule has 2 heterocycles. The van der Waals surface area contributed by atoms with Crippen LogP contribution in [0.25, 0.3) is 53.6 Å². The molecule has 0 N–H and O–H groups in total. The first-order valence-electron chi connectivity index (χ1n) is 13.1. The molecule has 2 atom stereocenters. The molecule has 0 spiro atoms. The van der Waals surface area contributed by atoms with Gasteiger partial charge < -0.3 is 0 Å². The Hall–Kier alpha value is -3.85. The van der Waals surface area contributed by atoms with Crippen LogP contribution in [-0.2, 0) is 0 Å². The summed E-state index contributed by atoms with van der Waals surface area (Å²) in [6.07, 6.45) is 9.07. The topological polar surface area (TPSA) is 0 Å². The number of benzene rings is 5. The van der Waals surface area contributed by atoms with Gasteiger partial charge in [-0.3, -0.25) is 0 Å². The standard InChI is InChI=1S/C36H24S2/c1-2-9-23(10-3-1)30-21-32-28-12-5-6-15-33(28)37-35(32)22-31(30)25-19-17-24(18-20-25)26-13-8-14-29-27-11-4-7-16-34(27)38-36(26)29/h1-22,27,34H. The van der Waals surface area contributed by atoms with Crippen LogP contribution in [0.1, 0.15) is 11.5 Å². The minimum atomic E-state index is 0.487. The quantitative estimate of drug-likeness (QED) is 0.224. The number of fused-ring (bicyclic) bond motifs is 6. The fraction of sp³-hybridized carbons (Fsp3) is 0.0556. The molecule has 1 aliphatic heterocycles. The summed E-state index contributed by atoms with van der Waals surface area (Å²) in [5.41, 5.74) is 9.18.